The van der Waals surface area contributed by atoms with E-state index >= 15 is 0 Å². The van der Waals surface area contributed by atoms with Gasteiger partial charge in [0.2, 0.25) is 0 Å². The maximum Gasteiger partial charge on any atom is 0.306 e. The number of hydrogen-bond acceptors (Lipinski definition) is 6. The highest BCUT2D eigenvalue weighted by Gasteiger charge is 2.19. The Balaban J connectivity index is 4.41. The smallest absolute Gasteiger partial charge is 0.306 e. The van der Waals surface area contributed by atoms with Gasteiger partial charge in [0.1, 0.15) is 13.2 Å². The van der Waals surface area contributed by atoms with Crippen molar-refractivity contribution < 1.29 is 28.6 Å². The number of allylic oxidation sites excluding steroid dienone is 18. The van der Waals surface area contributed by atoms with Crippen LogP contribution < -0.4 is 0 Å². The molecule has 0 radical (unpaired) electrons. The van der Waals surface area contributed by atoms with E-state index in [-0.39, 0.29) is 31.1 Å². The molecule has 1 atom stereocenters. The number of carbonyl (C=O) groups is 3. The van der Waals surface area contributed by atoms with Gasteiger partial charge in [-0.15, -0.1) is 0 Å². The van der Waals surface area contributed by atoms with Crippen molar-refractivity contribution in [3.8, 4) is 0 Å². The average Bonchev–Trinajstić information content (AvgIpc) is 3.44. The molecule has 0 heterocycles. The van der Waals surface area contributed by atoms with Gasteiger partial charge in [-0.1, -0.05) is 278 Å². The van der Waals surface area contributed by atoms with Gasteiger partial charge in [-0.3, -0.25) is 14.4 Å². The van der Waals surface area contributed by atoms with Gasteiger partial charge in [0, 0.05) is 19.3 Å². The lowest BCUT2D eigenvalue weighted by Gasteiger charge is -2.18. The van der Waals surface area contributed by atoms with Crippen LogP contribution in [-0.2, 0) is 28.6 Å². The molecule has 0 amide bonds. The first-order valence-electron chi connectivity index (χ1n) is 32.9. The summed E-state index contributed by atoms with van der Waals surface area (Å²) in [6, 6.07) is 0. The van der Waals surface area contributed by atoms with Gasteiger partial charge in [-0.2, -0.15) is 0 Å². The minimum Gasteiger partial charge on any atom is -0.462 e. The Kier molecular flexibility index (Phi) is 62.3. The minimum absolute atomic E-state index is 0.0874. The molecule has 0 aliphatic rings. The molecule has 0 spiro atoms. The fourth-order valence-corrected chi connectivity index (χ4v) is 9.13. The number of ether oxygens (including phenoxy) is 3. The van der Waals surface area contributed by atoms with Crippen molar-refractivity contribution in [2.45, 2.75) is 316 Å². The molecule has 0 aromatic heterocycles. The Labute approximate surface area is 482 Å². The summed E-state index contributed by atoms with van der Waals surface area (Å²) in [5, 5.41) is 0. The highest BCUT2D eigenvalue weighted by atomic mass is 16.6. The van der Waals surface area contributed by atoms with Crippen LogP contribution in [0.4, 0.5) is 0 Å². The van der Waals surface area contributed by atoms with Gasteiger partial charge in [0.05, 0.1) is 0 Å². The summed E-state index contributed by atoms with van der Waals surface area (Å²) in [7, 11) is 0. The van der Waals surface area contributed by atoms with Gasteiger partial charge in [0.15, 0.2) is 6.10 Å². The third-order valence-electron chi connectivity index (χ3n) is 14.0. The summed E-state index contributed by atoms with van der Waals surface area (Å²) < 4.78 is 17.0. The highest BCUT2D eigenvalue weighted by molar-refractivity contribution is 5.71. The molecule has 0 aromatic carbocycles. The maximum atomic E-state index is 12.9. The van der Waals surface area contributed by atoms with Crippen molar-refractivity contribution >= 4 is 17.9 Å². The second-order valence-corrected chi connectivity index (χ2v) is 21.6. The van der Waals surface area contributed by atoms with Crippen molar-refractivity contribution in [1.82, 2.24) is 0 Å². The van der Waals surface area contributed by atoms with Crippen molar-refractivity contribution in [1.29, 1.82) is 0 Å². The van der Waals surface area contributed by atoms with Crippen LogP contribution in [0.1, 0.15) is 310 Å². The first kappa shape index (κ1) is 74.1. The molecule has 0 N–H and O–H groups in total. The van der Waals surface area contributed by atoms with Crippen molar-refractivity contribution in [2.75, 3.05) is 13.2 Å². The van der Waals surface area contributed by atoms with E-state index in [9.17, 15) is 14.4 Å². The summed E-state index contributed by atoms with van der Waals surface area (Å²) in [4.78, 5) is 38.4. The zero-order chi connectivity index (χ0) is 56.4. The zero-order valence-electron chi connectivity index (χ0n) is 51.2. The molecule has 0 bridgehead atoms. The quantitative estimate of drug-likeness (QED) is 0.0261. The third kappa shape index (κ3) is 62.9. The Hall–Kier alpha value is -3.93. The number of carbonyl (C=O) groups excluding carboxylic acids is 3. The van der Waals surface area contributed by atoms with E-state index < -0.39 is 6.10 Å². The van der Waals surface area contributed by atoms with Gasteiger partial charge in [-0.25, -0.2) is 0 Å². The molecule has 0 aromatic rings. The molecule has 0 saturated heterocycles. The van der Waals surface area contributed by atoms with Crippen molar-refractivity contribution in [3.63, 3.8) is 0 Å². The van der Waals surface area contributed by atoms with Crippen LogP contribution in [0.15, 0.2) is 109 Å². The maximum absolute atomic E-state index is 12.9. The average molecular weight is 1080 g/mol. The first-order valence-corrected chi connectivity index (χ1v) is 32.9. The molecule has 0 rings (SSSR count). The van der Waals surface area contributed by atoms with E-state index in [0.717, 1.165) is 122 Å². The van der Waals surface area contributed by atoms with Gasteiger partial charge >= 0.3 is 17.9 Å². The van der Waals surface area contributed by atoms with Crippen LogP contribution in [0.25, 0.3) is 0 Å². The number of hydrogen-bond donors (Lipinski definition) is 0. The minimum atomic E-state index is -0.793. The summed E-state index contributed by atoms with van der Waals surface area (Å²) >= 11 is 0. The highest BCUT2D eigenvalue weighted by Crippen LogP contribution is 2.16. The summed E-state index contributed by atoms with van der Waals surface area (Å²) in [5.74, 6) is -0.900. The zero-order valence-corrected chi connectivity index (χ0v) is 51.2. The predicted molar refractivity (Wildman–Crippen MR) is 339 cm³/mol. The fraction of sp³-hybridized carbons (Fsp3) is 0.708. The molecule has 6 heteroatoms. The van der Waals surface area contributed by atoms with Crippen molar-refractivity contribution in [2.24, 2.45) is 0 Å². The predicted octanol–water partition coefficient (Wildman–Crippen LogP) is 22.6. The van der Waals surface area contributed by atoms with Crippen LogP contribution >= 0.6 is 0 Å². The molecule has 78 heavy (non-hydrogen) atoms. The summed E-state index contributed by atoms with van der Waals surface area (Å²) in [6.45, 7) is 6.42. The number of esters is 3. The SMILES string of the molecule is CC/C=C\C/C=C\C/C=C\C/C=C\CCCCCCCCCCCCC(=O)OCC(COC(=O)CCCCCCCCC/C=C\CCCCCCCCC)OC(=O)CCCCCCCC/C=C\C/C=C\C/C=C\C/C=C\CC. The molecule has 0 fully saturated rings. The van der Waals surface area contributed by atoms with Crippen LogP contribution in [0.2, 0.25) is 0 Å². The molecule has 6 nitrogen and oxygen atoms in total. The molecule has 0 aliphatic heterocycles. The van der Waals surface area contributed by atoms with Crippen LogP contribution in [0.3, 0.4) is 0 Å². The van der Waals surface area contributed by atoms with Gasteiger partial charge in [-0.05, 0) is 122 Å². The Morgan fingerprint density at radius 2 is 0.500 bits per heavy atom. The second kappa shape index (κ2) is 65.6. The Bertz CT molecular complexity index is 1570. The van der Waals surface area contributed by atoms with Gasteiger partial charge in [0.25, 0.3) is 0 Å². The lowest BCUT2D eigenvalue weighted by Crippen LogP contribution is -2.30. The Morgan fingerprint density at radius 1 is 0.269 bits per heavy atom. The van der Waals surface area contributed by atoms with E-state index in [1.54, 1.807) is 0 Å². The lowest BCUT2D eigenvalue weighted by atomic mass is 10.1. The summed E-state index contributed by atoms with van der Waals surface area (Å²) in [6.07, 6.45) is 89.4. The molecular weight excluding hydrogens is 961 g/mol. The van der Waals surface area contributed by atoms with E-state index in [1.165, 1.54) is 148 Å². The Morgan fingerprint density at radius 3 is 0.795 bits per heavy atom. The van der Waals surface area contributed by atoms with E-state index in [0.29, 0.717) is 19.3 Å². The molecule has 446 valence electrons. The number of unbranched alkanes of at least 4 members (excludes halogenated alkanes) is 30. The van der Waals surface area contributed by atoms with E-state index in [4.69, 9.17) is 14.2 Å². The van der Waals surface area contributed by atoms with Crippen LogP contribution in [-0.4, -0.2) is 37.2 Å². The van der Waals surface area contributed by atoms with Gasteiger partial charge < -0.3 is 14.2 Å². The topological polar surface area (TPSA) is 78.9 Å². The largest absolute Gasteiger partial charge is 0.462 e. The number of rotatable bonds is 59. The third-order valence-corrected chi connectivity index (χ3v) is 14.0. The molecule has 0 saturated carbocycles. The van der Waals surface area contributed by atoms with E-state index in [1.807, 2.05) is 0 Å². The van der Waals surface area contributed by atoms with Crippen LogP contribution in [0.5, 0.6) is 0 Å². The normalized spacial score (nSPS) is 12.8. The lowest BCUT2D eigenvalue weighted by molar-refractivity contribution is -0.167. The van der Waals surface area contributed by atoms with Crippen molar-refractivity contribution in [3.05, 3.63) is 109 Å². The summed E-state index contributed by atoms with van der Waals surface area (Å²) in [5.41, 5.74) is 0. The molecule has 0 aliphatic carbocycles. The fourth-order valence-electron chi connectivity index (χ4n) is 9.13. The monoisotopic (exact) mass is 1080 g/mol. The first-order chi connectivity index (χ1) is 38.5. The molecular formula is C72H122O6. The second-order valence-electron chi connectivity index (χ2n) is 21.6. The van der Waals surface area contributed by atoms with E-state index in [2.05, 4.69) is 130 Å². The standard InChI is InChI=1S/C72H122O6/c1-4-7-10-13-16-19-22-25-28-31-34-35-36-37-39-41-44-47-50-53-56-59-62-65-71(74)77-68-69(67-76-70(73)64-61-58-55-52-49-46-43-40-33-30-27-24-21-18-15-12-9-6-3)78-72(75)66-63-60-57-54-51-48-45-42-38-32-29-26-23-20-17-14-11-8-5-2/h7-8,10-11,16-17,19-20,25-26,28-30,33-35,38,42,69H,4-6,9,12-15,18,21-24,27,31-32,36-37,39-41,43-68H2,1-3H3/b10-7-,11-8-,19-16-,20-17-,28-25-,29-26-,33-30-,35-34-,42-38-. The molecule has 1 unspecified atom stereocenters. The van der Waals surface area contributed by atoms with Crippen LogP contribution in [0, 0.1) is 0 Å².